The van der Waals surface area contributed by atoms with Gasteiger partial charge in [-0.3, -0.25) is 9.59 Å². The monoisotopic (exact) mass is 370 g/mol. The Bertz CT molecular complexity index is 763. The molecule has 1 fully saturated rings. The molecule has 144 valence electrons. The lowest BCUT2D eigenvalue weighted by Gasteiger charge is -2.41. The van der Waals surface area contributed by atoms with Crippen LogP contribution in [-0.2, 0) is 14.3 Å². The molecule has 2 aliphatic carbocycles. The summed E-state index contributed by atoms with van der Waals surface area (Å²) < 4.78 is 11.5. The zero-order valence-corrected chi connectivity index (χ0v) is 15.6. The molecule has 1 aromatic rings. The van der Waals surface area contributed by atoms with E-state index in [9.17, 15) is 14.7 Å². The SMILES string of the molecule is COc1ccc([C@@H]2C[C@@H]([C@H]3C(=O)CCC[C@H]3O)C3=C(CCCC3=O)O2)cc1. The maximum atomic E-state index is 12.7. The van der Waals surface area contributed by atoms with E-state index in [1.54, 1.807) is 7.11 Å². The molecule has 1 heterocycles. The minimum absolute atomic E-state index is 0.0827. The summed E-state index contributed by atoms with van der Waals surface area (Å²) in [6.45, 7) is 0. The molecule has 5 heteroatoms. The largest absolute Gasteiger partial charge is 0.497 e. The predicted octanol–water partition coefficient (Wildman–Crippen LogP) is 3.51. The smallest absolute Gasteiger partial charge is 0.162 e. The van der Waals surface area contributed by atoms with Gasteiger partial charge >= 0.3 is 0 Å². The number of allylic oxidation sites excluding steroid dienone is 2. The highest BCUT2D eigenvalue weighted by Gasteiger charge is 2.46. The van der Waals surface area contributed by atoms with Gasteiger partial charge in [0.15, 0.2) is 5.78 Å². The average molecular weight is 370 g/mol. The molecule has 0 radical (unpaired) electrons. The molecule has 0 unspecified atom stereocenters. The molecule has 1 N–H and O–H groups in total. The third-order valence-electron chi connectivity index (χ3n) is 6.16. The van der Waals surface area contributed by atoms with Gasteiger partial charge in [-0.1, -0.05) is 12.1 Å². The topological polar surface area (TPSA) is 72.8 Å². The molecule has 0 bridgehead atoms. The van der Waals surface area contributed by atoms with Crippen molar-refractivity contribution in [2.45, 2.75) is 57.2 Å². The summed E-state index contributed by atoms with van der Waals surface area (Å²) in [4.78, 5) is 25.3. The first-order valence-electron chi connectivity index (χ1n) is 9.86. The second-order valence-electron chi connectivity index (χ2n) is 7.79. The Kier molecular flexibility index (Phi) is 5.04. The number of hydrogen-bond acceptors (Lipinski definition) is 5. The summed E-state index contributed by atoms with van der Waals surface area (Å²) in [5, 5.41) is 10.6. The van der Waals surface area contributed by atoms with Crippen LogP contribution in [0.15, 0.2) is 35.6 Å². The second-order valence-corrected chi connectivity index (χ2v) is 7.79. The number of carbonyl (C=O) groups is 2. The van der Waals surface area contributed by atoms with E-state index in [2.05, 4.69) is 0 Å². The Labute approximate surface area is 159 Å². The Morgan fingerprint density at radius 2 is 1.85 bits per heavy atom. The molecule has 27 heavy (non-hydrogen) atoms. The molecule has 0 amide bonds. The predicted molar refractivity (Wildman–Crippen MR) is 99.2 cm³/mol. The Morgan fingerprint density at radius 1 is 1.07 bits per heavy atom. The molecule has 0 spiro atoms. The molecule has 5 nitrogen and oxygen atoms in total. The van der Waals surface area contributed by atoms with Crippen molar-refractivity contribution in [3.05, 3.63) is 41.2 Å². The third-order valence-corrected chi connectivity index (χ3v) is 6.16. The minimum Gasteiger partial charge on any atom is -0.497 e. The lowest BCUT2D eigenvalue weighted by Crippen LogP contribution is -2.43. The molecule has 1 aromatic carbocycles. The third kappa shape index (κ3) is 3.41. The van der Waals surface area contributed by atoms with Crippen LogP contribution in [0.2, 0.25) is 0 Å². The van der Waals surface area contributed by atoms with E-state index in [1.807, 2.05) is 24.3 Å². The number of ketones is 2. The number of ether oxygens (including phenoxy) is 2. The van der Waals surface area contributed by atoms with Gasteiger partial charge < -0.3 is 14.6 Å². The fourth-order valence-corrected chi connectivity index (χ4v) is 4.83. The first-order chi connectivity index (χ1) is 13.1. The van der Waals surface area contributed by atoms with E-state index in [0.29, 0.717) is 31.3 Å². The summed E-state index contributed by atoms with van der Waals surface area (Å²) in [7, 11) is 1.63. The van der Waals surface area contributed by atoms with Gasteiger partial charge in [0.2, 0.25) is 0 Å². The lowest BCUT2D eigenvalue weighted by molar-refractivity contribution is -0.133. The van der Waals surface area contributed by atoms with Crippen molar-refractivity contribution in [1.82, 2.24) is 0 Å². The summed E-state index contributed by atoms with van der Waals surface area (Å²) in [6.07, 6.45) is 3.50. The summed E-state index contributed by atoms with van der Waals surface area (Å²) in [5.74, 6) is 0.928. The van der Waals surface area contributed by atoms with Gasteiger partial charge in [0.25, 0.3) is 0 Å². The van der Waals surface area contributed by atoms with Crippen molar-refractivity contribution >= 4 is 11.6 Å². The van der Waals surface area contributed by atoms with Crippen LogP contribution in [0.5, 0.6) is 5.75 Å². The van der Waals surface area contributed by atoms with Gasteiger partial charge in [0, 0.05) is 30.8 Å². The zero-order chi connectivity index (χ0) is 19.0. The second kappa shape index (κ2) is 7.47. The van der Waals surface area contributed by atoms with Gasteiger partial charge in [0.05, 0.1) is 19.1 Å². The summed E-state index contributed by atoms with van der Waals surface area (Å²) in [5.41, 5.74) is 1.67. The average Bonchev–Trinajstić information content (AvgIpc) is 2.68. The van der Waals surface area contributed by atoms with Crippen molar-refractivity contribution in [2.75, 3.05) is 7.11 Å². The van der Waals surface area contributed by atoms with Crippen molar-refractivity contribution in [2.24, 2.45) is 11.8 Å². The number of methoxy groups -OCH3 is 1. The van der Waals surface area contributed by atoms with Crippen LogP contribution >= 0.6 is 0 Å². The zero-order valence-electron chi connectivity index (χ0n) is 15.6. The normalized spacial score (nSPS) is 31.3. The first kappa shape index (κ1) is 18.2. The fraction of sp³-hybridized carbons (Fsp3) is 0.545. The van der Waals surface area contributed by atoms with E-state index in [1.165, 1.54) is 0 Å². The number of benzene rings is 1. The van der Waals surface area contributed by atoms with Crippen molar-refractivity contribution in [1.29, 1.82) is 0 Å². The molecular formula is C22H26O5. The van der Waals surface area contributed by atoms with E-state index in [-0.39, 0.29) is 23.6 Å². The Balaban J connectivity index is 1.70. The number of carbonyl (C=O) groups excluding carboxylic acids is 2. The number of hydrogen-bond donors (Lipinski definition) is 1. The Hall–Kier alpha value is -2.14. The highest BCUT2D eigenvalue weighted by atomic mass is 16.5. The Morgan fingerprint density at radius 3 is 2.56 bits per heavy atom. The molecule has 4 rings (SSSR count). The van der Waals surface area contributed by atoms with E-state index in [0.717, 1.165) is 36.3 Å². The maximum Gasteiger partial charge on any atom is 0.162 e. The van der Waals surface area contributed by atoms with E-state index < -0.39 is 12.0 Å². The van der Waals surface area contributed by atoms with E-state index in [4.69, 9.17) is 9.47 Å². The van der Waals surface area contributed by atoms with Crippen LogP contribution in [0.25, 0.3) is 0 Å². The molecule has 1 saturated carbocycles. The highest BCUT2D eigenvalue weighted by Crippen LogP contribution is 2.47. The van der Waals surface area contributed by atoms with Crippen LogP contribution in [0, 0.1) is 11.8 Å². The van der Waals surface area contributed by atoms with Gasteiger partial charge in [-0.15, -0.1) is 0 Å². The van der Waals surface area contributed by atoms with Gasteiger partial charge in [0.1, 0.15) is 23.4 Å². The molecule has 4 atom stereocenters. The van der Waals surface area contributed by atoms with Crippen molar-refractivity contribution in [3.63, 3.8) is 0 Å². The van der Waals surface area contributed by atoms with Crippen LogP contribution in [-0.4, -0.2) is 29.9 Å². The quantitative estimate of drug-likeness (QED) is 0.881. The minimum atomic E-state index is -0.672. The van der Waals surface area contributed by atoms with Crippen LogP contribution in [0.1, 0.15) is 56.6 Å². The lowest BCUT2D eigenvalue weighted by atomic mass is 9.68. The van der Waals surface area contributed by atoms with Crippen LogP contribution in [0.4, 0.5) is 0 Å². The van der Waals surface area contributed by atoms with Crippen molar-refractivity contribution in [3.8, 4) is 5.75 Å². The highest BCUT2D eigenvalue weighted by molar-refractivity contribution is 5.98. The number of aliphatic hydroxyl groups excluding tert-OH is 1. The van der Waals surface area contributed by atoms with Crippen molar-refractivity contribution < 1.29 is 24.2 Å². The summed E-state index contributed by atoms with van der Waals surface area (Å²) >= 11 is 0. The summed E-state index contributed by atoms with van der Waals surface area (Å²) in [6, 6.07) is 7.72. The molecule has 0 saturated heterocycles. The van der Waals surface area contributed by atoms with E-state index >= 15 is 0 Å². The standard InChI is InChI=1S/C22H26O5/c1-26-14-10-8-13(9-11-14)20-12-15(21-16(23)4-2-5-17(21)24)22-18(25)6-3-7-19(22)27-20/h8-11,15-16,20-21,23H,2-7,12H2,1H3/t15-,16+,20-,21+/m0/s1. The first-order valence-corrected chi connectivity index (χ1v) is 9.86. The molecule has 3 aliphatic rings. The number of aliphatic hydroxyl groups is 1. The maximum absolute atomic E-state index is 12.7. The molecule has 0 aromatic heterocycles. The van der Waals surface area contributed by atoms with Gasteiger partial charge in [-0.25, -0.2) is 0 Å². The van der Waals surface area contributed by atoms with Gasteiger partial charge in [-0.2, -0.15) is 0 Å². The molecular weight excluding hydrogens is 344 g/mol. The number of rotatable bonds is 3. The van der Waals surface area contributed by atoms with Crippen LogP contribution < -0.4 is 4.74 Å². The number of Topliss-reactive ketones (excluding diaryl/α,β-unsaturated/α-hetero) is 2. The fourth-order valence-electron chi connectivity index (χ4n) is 4.83. The van der Waals surface area contributed by atoms with Crippen LogP contribution in [0.3, 0.4) is 0 Å². The molecule has 1 aliphatic heterocycles. The van der Waals surface area contributed by atoms with Gasteiger partial charge in [-0.05, 0) is 43.4 Å².